The lowest BCUT2D eigenvalue weighted by atomic mass is 9.68. The summed E-state index contributed by atoms with van der Waals surface area (Å²) in [6.07, 6.45) is 18.6. The van der Waals surface area contributed by atoms with Crippen LogP contribution in [0.15, 0.2) is 23.8 Å². The van der Waals surface area contributed by atoms with Crippen molar-refractivity contribution in [1.29, 1.82) is 0 Å². The van der Waals surface area contributed by atoms with Gasteiger partial charge in [-0.05, 0) is 69.1 Å². The van der Waals surface area contributed by atoms with E-state index in [1.54, 1.807) is 0 Å². The Balaban J connectivity index is 1.83. The van der Waals surface area contributed by atoms with Gasteiger partial charge in [-0.2, -0.15) is 0 Å². The van der Waals surface area contributed by atoms with Gasteiger partial charge in [0.2, 0.25) is 0 Å². The molecule has 2 saturated carbocycles. The van der Waals surface area contributed by atoms with Gasteiger partial charge >= 0.3 is 5.97 Å². The summed E-state index contributed by atoms with van der Waals surface area (Å²) in [5.74, 6) is 2.28. The van der Waals surface area contributed by atoms with Crippen LogP contribution in [0.2, 0.25) is 0 Å². The number of carboxylic acids is 1. The van der Waals surface area contributed by atoms with Gasteiger partial charge in [0.05, 0.1) is 0 Å². The highest BCUT2D eigenvalue weighted by molar-refractivity contribution is 5.87. The highest BCUT2D eigenvalue weighted by Gasteiger charge is 2.32. The molecule has 2 nitrogen and oxygen atoms in total. The van der Waals surface area contributed by atoms with E-state index in [1.807, 2.05) is 25.2 Å². The quantitative estimate of drug-likeness (QED) is 0.482. The van der Waals surface area contributed by atoms with Crippen LogP contribution < -0.4 is 0 Å². The van der Waals surface area contributed by atoms with E-state index >= 15 is 0 Å². The molecule has 0 heterocycles. The Kier molecular flexibility index (Phi) is 7.39. The van der Waals surface area contributed by atoms with Crippen LogP contribution in [0.3, 0.4) is 0 Å². The third-order valence-corrected chi connectivity index (χ3v) is 6.18. The Morgan fingerprint density at radius 1 is 1.00 bits per heavy atom. The number of hydrogen-bond acceptors (Lipinski definition) is 1. The van der Waals surface area contributed by atoms with Crippen molar-refractivity contribution < 1.29 is 9.90 Å². The van der Waals surface area contributed by atoms with Gasteiger partial charge in [-0.25, -0.2) is 4.79 Å². The van der Waals surface area contributed by atoms with Crippen molar-refractivity contribution in [3.63, 3.8) is 0 Å². The molecule has 1 N–H and O–H groups in total. The topological polar surface area (TPSA) is 37.3 Å². The first kappa shape index (κ1) is 18.3. The number of carboxylic acid groups (broad SMARTS) is 1. The zero-order valence-corrected chi connectivity index (χ0v) is 15.0. The number of hydrogen-bond donors (Lipinski definition) is 1. The molecule has 0 unspecified atom stereocenters. The second-order valence-electron chi connectivity index (χ2n) is 7.63. The van der Waals surface area contributed by atoms with Crippen LogP contribution in [-0.4, -0.2) is 11.1 Å². The summed E-state index contributed by atoms with van der Waals surface area (Å²) in [5.41, 5.74) is 0.619. The summed E-state index contributed by atoms with van der Waals surface area (Å²) >= 11 is 0. The summed E-state index contributed by atoms with van der Waals surface area (Å²) < 4.78 is 0. The Morgan fingerprint density at radius 2 is 1.57 bits per heavy atom. The minimum Gasteiger partial charge on any atom is -0.478 e. The second-order valence-corrected chi connectivity index (χ2v) is 7.63. The minimum atomic E-state index is -0.730. The Morgan fingerprint density at radius 3 is 2.04 bits per heavy atom. The van der Waals surface area contributed by atoms with Crippen LogP contribution in [-0.2, 0) is 4.79 Å². The number of rotatable bonds is 6. The standard InChI is InChI=1S/C21H34O2/c1-3-5-7-20(21(22)23)19-14-12-18(13-15-19)17-10-8-16(6-4-2)9-11-17/h3,5,7,16-19H,4,6,8-15H2,1-2H3,(H,22,23). The van der Waals surface area contributed by atoms with E-state index in [2.05, 4.69) is 6.92 Å². The maximum atomic E-state index is 11.5. The largest absolute Gasteiger partial charge is 0.478 e. The van der Waals surface area contributed by atoms with Crippen LogP contribution in [0.25, 0.3) is 0 Å². The number of carbonyl (C=O) groups is 1. The van der Waals surface area contributed by atoms with Gasteiger partial charge in [0, 0.05) is 5.57 Å². The van der Waals surface area contributed by atoms with Crippen molar-refractivity contribution in [3.8, 4) is 0 Å². The van der Waals surface area contributed by atoms with E-state index in [4.69, 9.17) is 0 Å². The van der Waals surface area contributed by atoms with Gasteiger partial charge < -0.3 is 5.11 Å². The van der Waals surface area contributed by atoms with E-state index < -0.39 is 5.97 Å². The molecule has 0 saturated heterocycles. The van der Waals surface area contributed by atoms with Crippen molar-refractivity contribution in [2.24, 2.45) is 23.7 Å². The average Bonchev–Trinajstić information content (AvgIpc) is 2.57. The molecule has 0 bridgehead atoms. The van der Waals surface area contributed by atoms with E-state index in [0.717, 1.165) is 30.6 Å². The molecule has 0 atom stereocenters. The van der Waals surface area contributed by atoms with Crippen molar-refractivity contribution in [2.45, 2.75) is 78.1 Å². The molecule has 0 radical (unpaired) electrons. The van der Waals surface area contributed by atoms with Crippen molar-refractivity contribution in [3.05, 3.63) is 23.8 Å². The van der Waals surface area contributed by atoms with Crippen molar-refractivity contribution in [2.75, 3.05) is 0 Å². The molecule has 2 aliphatic rings. The van der Waals surface area contributed by atoms with Crippen LogP contribution in [0.5, 0.6) is 0 Å². The summed E-state index contributed by atoms with van der Waals surface area (Å²) in [5, 5.41) is 9.44. The fourth-order valence-corrected chi connectivity index (χ4v) is 4.84. The first-order chi connectivity index (χ1) is 11.2. The summed E-state index contributed by atoms with van der Waals surface area (Å²) in [6.45, 7) is 4.23. The third kappa shape index (κ3) is 5.22. The van der Waals surface area contributed by atoms with E-state index in [9.17, 15) is 9.90 Å². The second kappa shape index (κ2) is 9.30. The van der Waals surface area contributed by atoms with Crippen molar-refractivity contribution in [1.82, 2.24) is 0 Å². The molecule has 0 spiro atoms. The predicted octanol–water partition coefficient (Wildman–Crippen LogP) is 5.99. The smallest absolute Gasteiger partial charge is 0.331 e. The zero-order chi connectivity index (χ0) is 16.7. The average molecular weight is 319 g/mol. The lowest BCUT2D eigenvalue weighted by molar-refractivity contribution is -0.133. The molecule has 0 aromatic rings. The number of allylic oxidation sites excluding steroid dienone is 3. The third-order valence-electron chi connectivity index (χ3n) is 6.18. The fourth-order valence-electron chi connectivity index (χ4n) is 4.84. The van der Waals surface area contributed by atoms with Gasteiger partial charge in [-0.3, -0.25) is 0 Å². The Hall–Kier alpha value is -1.05. The van der Waals surface area contributed by atoms with Gasteiger partial charge in [-0.1, -0.05) is 50.8 Å². The van der Waals surface area contributed by atoms with Crippen LogP contribution >= 0.6 is 0 Å². The first-order valence-electron chi connectivity index (χ1n) is 9.71. The van der Waals surface area contributed by atoms with Crippen molar-refractivity contribution >= 4 is 5.97 Å². The van der Waals surface area contributed by atoms with E-state index in [0.29, 0.717) is 5.57 Å². The SMILES string of the molecule is CC=CC=C(C(=O)O)C1CCC(C2CCC(CCC)CC2)CC1. The molecule has 2 fully saturated rings. The lowest BCUT2D eigenvalue weighted by Crippen LogP contribution is -2.27. The molecule has 0 amide bonds. The normalized spacial score (nSPS) is 33.0. The zero-order valence-electron chi connectivity index (χ0n) is 15.0. The summed E-state index contributed by atoms with van der Waals surface area (Å²) in [7, 11) is 0. The molecule has 2 rings (SSSR count). The maximum absolute atomic E-state index is 11.5. The molecule has 23 heavy (non-hydrogen) atoms. The highest BCUT2D eigenvalue weighted by atomic mass is 16.4. The number of aliphatic carboxylic acids is 1. The summed E-state index contributed by atoms with van der Waals surface area (Å²) in [4.78, 5) is 11.5. The van der Waals surface area contributed by atoms with E-state index in [1.165, 1.54) is 51.4 Å². The molecule has 0 aromatic carbocycles. The summed E-state index contributed by atoms with van der Waals surface area (Å²) in [6, 6.07) is 0. The van der Waals surface area contributed by atoms with E-state index in [-0.39, 0.29) is 5.92 Å². The van der Waals surface area contributed by atoms with Gasteiger partial charge in [-0.15, -0.1) is 0 Å². The minimum absolute atomic E-state index is 0.261. The maximum Gasteiger partial charge on any atom is 0.331 e. The van der Waals surface area contributed by atoms with Crippen LogP contribution in [0, 0.1) is 23.7 Å². The van der Waals surface area contributed by atoms with Gasteiger partial charge in [0.1, 0.15) is 0 Å². The molecular formula is C21H34O2. The lowest BCUT2D eigenvalue weighted by Gasteiger charge is -2.38. The predicted molar refractivity (Wildman–Crippen MR) is 96.3 cm³/mol. The molecular weight excluding hydrogens is 284 g/mol. The first-order valence-corrected chi connectivity index (χ1v) is 9.71. The highest BCUT2D eigenvalue weighted by Crippen LogP contribution is 2.43. The monoisotopic (exact) mass is 318 g/mol. The Bertz CT molecular complexity index is 419. The van der Waals surface area contributed by atoms with Gasteiger partial charge in [0.15, 0.2) is 0 Å². The molecule has 2 aliphatic carbocycles. The van der Waals surface area contributed by atoms with Gasteiger partial charge in [0.25, 0.3) is 0 Å². The molecule has 130 valence electrons. The fraction of sp³-hybridized carbons (Fsp3) is 0.762. The van der Waals surface area contributed by atoms with Crippen LogP contribution in [0.1, 0.15) is 78.1 Å². The molecule has 0 aliphatic heterocycles. The van der Waals surface area contributed by atoms with Crippen LogP contribution in [0.4, 0.5) is 0 Å². The molecule has 0 aromatic heterocycles. The molecule has 2 heteroatoms. The Labute approximate surface area is 142 Å².